The predicted molar refractivity (Wildman–Crippen MR) is 63.9 cm³/mol. The molecule has 0 spiro atoms. The maximum absolute atomic E-state index is 13.7. The molecule has 0 radical (unpaired) electrons. The van der Waals surface area contributed by atoms with Gasteiger partial charge in [0.15, 0.2) is 0 Å². The van der Waals surface area contributed by atoms with Gasteiger partial charge in [-0.25, -0.2) is 9.37 Å². The number of benzene rings is 1. The van der Waals surface area contributed by atoms with Crippen LogP contribution in [-0.2, 0) is 6.54 Å². The molecule has 0 aliphatic rings. The zero-order valence-electron chi connectivity index (χ0n) is 9.90. The van der Waals surface area contributed by atoms with Crippen LogP contribution in [0.2, 0.25) is 0 Å². The largest absolute Gasteiger partial charge is 0.443 e. The molecule has 2 rings (SSSR count). The molecular formula is C13H15FN2O. The van der Waals surface area contributed by atoms with Crippen molar-refractivity contribution < 1.29 is 8.81 Å². The SMILES string of the molecule is CC(C)c1oc(CN)nc1-c1ccccc1F. The molecule has 4 heteroatoms. The summed E-state index contributed by atoms with van der Waals surface area (Å²) in [5.41, 5.74) is 6.51. The van der Waals surface area contributed by atoms with Gasteiger partial charge in [-0.15, -0.1) is 0 Å². The molecule has 0 aliphatic carbocycles. The van der Waals surface area contributed by atoms with Gasteiger partial charge in [-0.05, 0) is 12.1 Å². The van der Waals surface area contributed by atoms with Gasteiger partial charge in [0.1, 0.15) is 17.3 Å². The number of oxazole rings is 1. The van der Waals surface area contributed by atoms with Crippen LogP contribution in [0.3, 0.4) is 0 Å². The second kappa shape index (κ2) is 4.67. The highest BCUT2D eigenvalue weighted by molar-refractivity contribution is 5.62. The fourth-order valence-corrected chi connectivity index (χ4v) is 1.70. The Morgan fingerprint density at radius 2 is 2.06 bits per heavy atom. The highest BCUT2D eigenvalue weighted by Gasteiger charge is 2.19. The van der Waals surface area contributed by atoms with Gasteiger partial charge >= 0.3 is 0 Å². The van der Waals surface area contributed by atoms with E-state index in [1.54, 1.807) is 18.2 Å². The number of aromatic nitrogens is 1. The smallest absolute Gasteiger partial charge is 0.208 e. The van der Waals surface area contributed by atoms with Gasteiger partial charge in [0, 0.05) is 11.5 Å². The summed E-state index contributed by atoms with van der Waals surface area (Å²) in [6, 6.07) is 6.53. The van der Waals surface area contributed by atoms with Crippen LogP contribution in [-0.4, -0.2) is 4.98 Å². The molecule has 1 heterocycles. The van der Waals surface area contributed by atoms with Crippen molar-refractivity contribution in [3.8, 4) is 11.3 Å². The van der Waals surface area contributed by atoms with Crippen LogP contribution in [0.25, 0.3) is 11.3 Å². The molecule has 0 atom stereocenters. The molecule has 2 aromatic rings. The van der Waals surface area contributed by atoms with E-state index < -0.39 is 0 Å². The summed E-state index contributed by atoms with van der Waals surface area (Å²) < 4.78 is 19.3. The second-order valence-corrected chi connectivity index (χ2v) is 4.16. The number of hydrogen-bond acceptors (Lipinski definition) is 3. The van der Waals surface area contributed by atoms with Crippen LogP contribution in [0.15, 0.2) is 28.7 Å². The summed E-state index contributed by atoms with van der Waals surface area (Å²) in [7, 11) is 0. The third-order valence-corrected chi connectivity index (χ3v) is 2.53. The summed E-state index contributed by atoms with van der Waals surface area (Å²) in [5.74, 6) is 0.950. The molecule has 1 aromatic heterocycles. The minimum atomic E-state index is -0.300. The standard InChI is InChI=1S/C13H15FN2O/c1-8(2)13-12(16-11(7-15)17-13)9-5-3-4-6-10(9)14/h3-6,8H,7,15H2,1-2H3. The Morgan fingerprint density at radius 3 is 2.65 bits per heavy atom. The van der Waals surface area contributed by atoms with E-state index in [4.69, 9.17) is 10.2 Å². The summed E-state index contributed by atoms with van der Waals surface area (Å²) in [6.45, 7) is 4.17. The molecule has 0 aliphatic heterocycles. The molecule has 0 fully saturated rings. The highest BCUT2D eigenvalue weighted by Crippen LogP contribution is 2.30. The first-order chi connectivity index (χ1) is 8.13. The van der Waals surface area contributed by atoms with Crippen molar-refractivity contribution in [2.75, 3.05) is 0 Å². The molecular weight excluding hydrogens is 219 g/mol. The van der Waals surface area contributed by atoms with E-state index in [0.717, 1.165) is 0 Å². The Labute approximate surface area is 99.5 Å². The molecule has 1 aromatic carbocycles. The van der Waals surface area contributed by atoms with Gasteiger partial charge in [0.2, 0.25) is 5.89 Å². The lowest BCUT2D eigenvalue weighted by Crippen LogP contribution is -1.95. The molecule has 0 saturated heterocycles. The zero-order valence-corrected chi connectivity index (χ0v) is 9.90. The summed E-state index contributed by atoms with van der Waals surface area (Å²) >= 11 is 0. The van der Waals surface area contributed by atoms with Crippen molar-refractivity contribution in [3.05, 3.63) is 41.7 Å². The number of rotatable bonds is 3. The van der Waals surface area contributed by atoms with Crippen LogP contribution < -0.4 is 5.73 Å². The van der Waals surface area contributed by atoms with Crippen LogP contribution in [0, 0.1) is 5.82 Å². The maximum atomic E-state index is 13.7. The predicted octanol–water partition coefficient (Wildman–Crippen LogP) is 3.06. The lowest BCUT2D eigenvalue weighted by atomic mass is 10.0. The first-order valence-corrected chi connectivity index (χ1v) is 5.58. The molecule has 0 bridgehead atoms. The molecule has 90 valence electrons. The van der Waals surface area contributed by atoms with Crippen molar-refractivity contribution in [3.63, 3.8) is 0 Å². The van der Waals surface area contributed by atoms with Crippen molar-refractivity contribution in [2.45, 2.75) is 26.3 Å². The first-order valence-electron chi connectivity index (χ1n) is 5.58. The van der Waals surface area contributed by atoms with E-state index in [-0.39, 0.29) is 18.3 Å². The number of hydrogen-bond donors (Lipinski definition) is 1. The Balaban J connectivity index is 2.58. The maximum Gasteiger partial charge on any atom is 0.208 e. The Morgan fingerprint density at radius 1 is 1.35 bits per heavy atom. The van der Waals surface area contributed by atoms with Gasteiger partial charge in [0.25, 0.3) is 0 Å². The van der Waals surface area contributed by atoms with Gasteiger partial charge in [-0.1, -0.05) is 26.0 Å². The van der Waals surface area contributed by atoms with E-state index >= 15 is 0 Å². The van der Waals surface area contributed by atoms with Gasteiger partial charge < -0.3 is 10.2 Å². The quantitative estimate of drug-likeness (QED) is 0.887. The van der Waals surface area contributed by atoms with E-state index in [1.807, 2.05) is 13.8 Å². The fourth-order valence-electron chi connectivity index (χ4n) is 1.70. The Bertz CT molecular complexity index is 520. The summed E-state index contributed by atoms with van der Waals surface area (Å²) in [4.78, 5) is 4.25. The number of nitrogens with two attached hydrogens (primary N) is 1. The first kappa shape index (κ1) is 11.8. The van der Waals surface area contributed by atoms with E-state index in [9.17, 15) is 4.39 Å². The highest BCUT2D eigenvalue weighted by atomic mass is 19.1. The summed E-state index contributed by atoms with van der Waals surface area (Å²) in [6.07, 6.45) is 0. The lowest BCUT2D eigenvalue weighted by molar-refractivity contribution is 0.441. The minimum absolute atomic E-state index is 0.136. The van der Waals surface area contributed by atoms with Crippen molar-refractivity contribution in [1.29, 1.82) is 0 Å². The van der Waals surface area contributed by atoms with Crippen LogP contribution in [0.4, 0.5) is 4.39 Å². The third kappa shape index (κ3) is 2.22. The molecule has 0 amide bonds. The fraction of sp³-hybridized carbons (Fsp3) is 0.308. The molecule has 0 unspecified atom stereocenters. The zero-order chi connectivity index (χ0) is 12.4. The van der Waals surface area contributed by atoms with Crippen LogP contribution in [0.1, 0.15) is 31.4 Å². The average molecular weight is 234 g/mol. The topological polar surface area (TPSA) is 52.0 Å². The van der Waals surface area contributed by atoms with Crippen molar-refractivity contribution in [2.24, 2.45) is 5.73 Å². The average Bonchev–Trinajstić information content (AvgIpc) is 2.73. The summed E-state index contributed by atoms with van der Waals surface area (Å²) in [5, 5.41) is 0. The molecule has 2 N–H and O–H groups in total. The van der Waals surface area contributed by atoms with Crippen LogP contribution >= 0.6 is 0 Å². The lowest BCUT2D eigenvalue weighted by Gasteiger charge is -2.04. The minimum Gasteiger partial charge on any atom is -0.443 e. The van der Waals surface area contributed by atoms with Crippen molar-refractivity contribution in [1.82, 2.24) is 4.98 Å². The molecule has 3 nitrogen and oxygen atoms in total. The Kier molecular flexibility index (Phi) is 3.24. The van der Waals surface area contributed by atoms with Crippen LogP contribution in [0.5, 0.6) is 0 Å². The van der Waals surface area contributed by atoms with E-state index in [2.05, 4.69) is 4.98 Å². The van der Waals surface area contributed by atoms with Crippen molar-refractivity contribution >= 4 is 0 Å². The van der Waals surface area contributed by atoms with Gasteiger partial charge in [-0.3, -0.25) is 0 Å². The normalized spacial score (nSPS) is 11.1. The third-order valence-electron chi connectivity index (χ3n) is 2.53. The van der Waals surface area contributed by atoms with E-state index in [0.29, 0.717) is 22.9 Å². The van der Waals surface area contributed by atoms with Gasteiger partial charge in [-0.2, -0.15) is 0 Å². The number of halogens is 1. The molecule has 17 heavy (non-hydrogen) atoms. The van der Waals surface area contributed by atoms with Gasteiger partial charge in [0.05, 0.1) is 6.54 Å². The Hall–Kier alpha value is -1.68. The van der Waals surface area contributed by atoms with E-state index in [1.165, 1.54) is 6.07 Å². The molecule has 0 saturated carbocycles. The monoisotopic (exact) mass is 234 g/mol. The number of nitrogens with zero attached hydrogens (tertiary/aromatic N) is 1. The second-order valence-electron chi connectivity index (χ2n) is 4.16.